The second-order valence-corrected chi connectivity index (χ2v) is 7.44. The van der Waals surface area contributed by atoms with Crippen LogP contribution in [-0.2, 0) is 21.3 Å². The minimum atomic E-state index is -4.73. The number of carbonyl (C=O) groups excluding carboxylic acids is 3. The van der Waals surface area contributed by atoms with E-state index in [0.717, 1.165) is 25.0 Å². The summed E-state index contributed by atoms with van der Waals surface area (Å²) >= 11 is 0. The van der Waals surface area contributed by atoms with Crippen molar-refractivity contribution >= 4 is 17.8 Å². The number of alkyl halides is 3. The second-order valence-electron chi connectivity index (χ2n) is 7.44. The summed E-state index contributed by atoms with van der Waals surface area (Å²) in [5.74, 6) is -1.68. The van der Waals surface area contributed by atoms with Gasteiger partial charge in [0.05, 0.1) is 11.6 Å². The standard InChI is InChI=1S/C19H19F3N4O3/c1-17(12-6-2-3-7-13(12)19(20,21)22)15(28)26(16(29)25-17)10-14(27)24-18(11-23)8-4-5-9-18/h2-3,6-7H,4-5,8-10H2,1H3,(H,24,27)(H,25,29)/t17-/m1/s1. The molecule has 2 N–H and O–H groups in total. The molecule has 0 bridgehead atoms. The zero-order chi connectivity index (χ0) is 21.4. The number of rotatable bonds is 4. The number of nitriles is 1. The van der Waals surface area contributed by atoms with Gasteiger partial charge in [0.15, 0.2) is 0 Å². The molecule has 154 valence electrons. The molecule has 7 nitrogen and oxygen atoms in total. The van der Waals surface area contributed by atoms with Crippen molar-refractivity contribution in [3.63, 3.8) is 0 Å². The number of nitrogens with zero attached hydrogens (tertiary/aromatic N) is 2. The third kappa shape index (κ3) is 3.64. The van der Waals surface area contributed by atoms with Crippen molar-refractivity contribution in [1.29, 1.82) is 5.26 Å². The highest BCUT2D eigenvalue weighted by Gasteiger charge is 2.52. The van der Waals surface area contributed by atoms with E-state index < -0.39 is 52.8 Å². The molecule has 0 spiro atoms. The van der Waals surface area contributed by atoms with Crippen LogP contribution in [-0.4, -0.2) is 34.8 Å². The van der Waals surface area contributed by atoms with Crippen molar-refractivity contribution in [1.82, 2.24) is 15.5 Å². The van der Waals surface area contributed by atoms with Gasteiger partial charge in [-0.3, -0.25) is 14.5 Å². The lowest BCUT2D eigenvalue weighted by Crippen LogP contribution is -2.50. The van der Waals surface area contributed by atoms with E-state index in [9.17, 15) is 32.8 Å². The molecule has 2 aliphatic rings. The highest BCUT2D eigenvalue weighted by molar-refractivity contribution is 6.09. The summed E-state index contributed by atoms with van der Waals surface area (Å²) in [7, 11) is 0. The van der Waals surface area contributed by atoms with Gasteiger partial charge < -0.3 is 10.6 Å². The quantitative estimate of drug-likeness (QED) is 0.747. The molecule has 0 aromatic heterocycles. The summed E-state index contributed by atoms with van der Waals surface area (Å²) in [5, 5.41) is 14.2. The second kappa shape index (κ2) is 7.06. The van der Waals surface area contributed by atoms with Gasteiger partial charge in [-0.05, 0) is 44.2 Å². The van der Waals surface area contributed by atoms with Crippen molar-refractivity contribution in [3.8, 4) is 6.07 Å². The van der Waals surface area contributed by atoms with Crippen LogP contribution in [0.3, 0.4) is 0 Å². The van der Waals surface area contributed by atoms with Gasteiger partial charge in [-0.2, -0.15) is 18.4 Å². The fourth-order valence-electron chi connectivity index (χ4n) is 3.88. The molecule has 0 unspecified atom stereocenters. The van der Waals surface area contributed by atoms with Crippen molar-refractivity contribution in [3.05, 3.63) is 35.4 Å². The number of hydrogen-bond acceptors (Lipinski definition) is 4. The van der Waals surface area contributed by atoms with E-state index in [1.54, 1.807) is 0 Å². The molecular formula is C19H19F3N4O3. The highest BCUT2D eigenvalue weighted by Crippen LogP contribution is 2.39. The van der Waals surface area contributed by atoms with Gasteiger partial charge in [-0.15, -0.1) is 0 Å². The largest absolute Gasteiger partial charge is 0.416 e. The Kier molecular flexibility index (Phi) is 5.03. The number of hydrogen-bond donors (Lipinski definition) is 2. The molecule has 4 amide bonds. The van der Waals surface area contributed by atoms with Gasteiger partial charge in [-0.25, -0.2) is 4.79 Å². The van der Waals surface area contributed by atoms with Crippen LogP contribution in [0.5, 0.6) is 0 Å². The average molecular weight is 408 g/mol. The average Bonchev–Trinajstić information content (AvgIpc) is 3.21. The van der Waals surface area contributed by atoms with E-state index in [1.165, 1.54) is 19.1 Å². The first-order valence-electron chi connectivity index (χ1n) is 9.05. The number of imide groups is 1. The Morgan fingerprint density at radius 1 is 1.28 bits per heavy atom. The van der Waals surface area contributed by atoms with E-state index in [-0.39, 0.29) is 0 Å². The van der Waals surface area contributed by atoms with Gasteiger partial charge in [0.1, 0.15) is 17.6 Å². The predicted octanol–water partition coefficient (Wildman–Crippen LogP) is 2.42. The van der Waals surface area contributed by atoms with E-state index in [4.69, 9.17) is 0 Å². The number of urea groups is 1. The lowest BCUT2D eigenvalue weighted by atomic mass is 9.87. The number of nitrogens with one attached hydrogen (secondary N) is 2. The van der Waals surface area contributed by atoms with Crippen LogP contribution in [0, 0.1) is 11.3 Å². The van der Waals surface area contributed by atoms with Crippen molar-refractivity contribution in [2.45, 2.75) is 49.9 Å². The fraction of sp³-hybridized carbons (Fsp3) is 0.474. The first-order valence-corrected chi connectivity index (χ1v) is 9.05. The van der Waals surface area contributed by atoms with Gasteiger partial charge in [0, 0.05) is 0 Å². The third-order valence-corrected chi connectivity index (χ3v) is 5.40. The van der Waals surface area contributed by atoms with Crippen LogP contribution in [0.1, 0.15) is 43.7 Å². The molecule has 3 rings (SSSR count). The SMILES string of the molecule is C[C@]1(c2ccccc2C(F)(F)F)NC(=O)N(CC(=O)NC2(C#N)CCCC2)C1=O. The molecule has 1 aliphatic carbocycles. The molecule has 1 aliphatic heterocycles. The molecule has 1 atom stereocenters. The first-order chi connectivity index (χ1) is 13.5. The minimum absolute atomic E-state index is 0.405. The number of benzene rings is 1. The van der Waals surface area contributed by atoms with Gasteiger partial charge in [0.2, 0.25) is 5.91 Å². The number of halogens is 3. The predicted molar refractivity (Wildman–Crippen MR) is 94.0 cm³/mol. The minimum Gasteiger partial charge on any atom is -0.336 e. The van der Waals surface area contributed by atoms with Gasteiger partial charge >= 0.3 is 12.2 Å². The molecule has 1 saturated carbocycles. The monoisotopic (exact) mass is 408 g/mol. The van der Waals surface area contributed by atoms with Crippen LogP contribution < -0.4 is 10.6 Å². The molecule has 0 radical (unpaired) electrons. The summed E-state index contributed by atoms with van der Waals surface area (Å²) < 4.78 is 40.1. The summed E-state index contributed by atoms with van der Waals surface area (Å²) in [4.78, 5) is 38.1. The summed E-state index contributed by atoms with van der Waals surface area (Å²) in [6, 6.07) is 5.56. The summed E-state index contributed by atoms with van der Waals surface area (Å²) in [6.07, 6.45) is -2.26. The van der Waals surface area contributed by atoms with E-state index in [1.807, 2.05) is 0 Å². The van der Waals surface area contributed by atoms with E-state index in [0.29, 0.717) is 17.7 Å². The normalized spacial score (nSPS) is 23.6. The Labute approximate surface area is 164 Å². The lowest BCUT2D eigenvalue weighted by molar-refractivity contribution is -0.140. The maximum Gasteiger partial charge on any atom is 0.416 e. The Balaban J connectivity index is 1.83. The lowest BCUT2D eigenvalue weighted by Gasteiger charge is -2.26. The van der Waals surface area contributed by atoms with Gasteiger partial charge in [-0.1, -0.05) is 18.2 Å². The summed E-state index contributed by atoms with van der Waals surface area (Å²) in [5.41, 5.74) is -4.46. The van der Waals surface area contributed by atoms with Gasteiger partial charge in [0.25, 0.3) is 5.91 Å². The molecular weight excluding hydrogens is 389 g/mol. The zero-order valence-electron chi connectivity index (χ0n) is 15.6. The van der Waals surface area contributed by atoms with Crippen LogP contribution in [0.2, 0.25) is 0 Å². The van der Waals surface area contributed by atoms with Crippen molar-refractivity contribution < 1.29 is 27.6 Å². The molecule has 1 heterocycles. The molecule has 1 aromatic carbocycles. The van der Waals surface area contributed by atoms with Crippen LogP contribution in [0.4, 0.5) is 18.0 Å². The van der Waals surface area contributed by atoms with Crippen LogP contribution in [0.15, 0.2) is 24.3 Å². The van der Waals surface area contributed by atoms with E-state index >= 15 is 0 Å². The molecule has 29 heavy (non-hydrogen) atoms. The molecule has 1 aromatic rings. The first kappa shape index (κ1) is 20.6. The molecule has 1 saturated heterocycles. The zero-order valence-corrected chi connectivity index (χ0v) is 15.6. The van der Waals surface area contributed by atoms with Crippen molar-refractivity contribution in [2.75, 3.05) is 6.54 Å². The maximum absolute atomic E-state index is 13.4. The fourth-order valence-corrected chi connectivity index (χ4v) is 3.88. The maximum atomic E-state index is 13.4. The highest BCUT2D eigenvalue weighted by atomic mass is 19.4. The molecule has 2 fully saturated rings. The topological polar surface area (TPSA) is 102 Å². The summed E-state index contributed by atoms with van der Waals surface area (Å²) in [6.45, 7) is 0.487. The Hall–Kier alpha value is -3.09. The number of amides is 4. The van der Waals surface area contributed by atoms with Crippen LogP contribution in [0.25, 0.3) is 0 Å². The number of carbonyl (C=O) groups is 3. The Bertz CT molecular complexity index is 903. The Morgan fingerprint density at radius 3 is 2.48 bits per heavy atom. The third-order valence-electron chi connectivity index (χ3n) is 5.40. The van der Waals surface area contributed by atoms with Crippen LogP contribution >= 0.6 is 0 Å². The molecule has 10 heteroatoms. The smallest absolute Gasteiger partial charge is 0.336 e. The van der Waals surface area contributed by atoms with E-state index in [2.05, 4.69) is 16.7 Å². The van der Waals surface area contributed by atoms with Crippen molar-refractivity contribution in [2.24, 2.45) is 0 Å². The Morgan fingerprint density at radius 2 is 1.90 bits per heavy atom.